The number of aromatic nitrogens is 1. The second-order valence-electron chi connectivity index (χ2n) is 5.02. The van der Waals surface area contributed by atoms with E-state index >= 15 is 0 Å². The van der Waals surface area contributed by atoms with Crippen molar-refractivity contribution < 1.29 is 9.72 Å². The van der Waals surface area contributed by atoms with Crippen LogP contribution >= 0.6 is 0 Å². The molecule has 3 rings (SSSR count). The lowest BCUT2D eigenvalue weighted by atomic mass is 10.2. The Morgan fingerprint density at radius 1 is 0.875 bits per heavy atom. The number of benzene rings is 2. The number of anilines is 2. The first kappa shape index (κ1) is 15.3. The molecule has 2 N–H and O–H groups in total. The summed E-state index contributed by atoms with van der Waals surface area (Å²) in [5.41, 5.74) is 2.08. The summed E-state index contributed by atoms with van der Waals surface area (Å²) in [6.07, 6.45) is 3.87. The third-order valence-electron chi connectivity index (χ3n) is 3.36. The average molecular weight is 322 g/mol. The topological polar surface area (TPSA) is 89.2 Å². The molecule has 0 aliphatic rings. The van der Waals surface area contributed by atoms with E-state index in [-0.39, 0.29) is 5.69 Å². The standard InChI is InChI=1S/C17H14N4O3/c22-17(19-14-5-9-16(10-6-14)21(23)24)18-13-3-7-15(8-4-13)20-11-1-2-12-20/h1-12H,(H2,18,19,22). The minimum Gasteiger partial charge on any atom is -0.324 e. The number of urea groups is 1. The Bertz CT molecular complexity index is 841. The van der Waals surface area contributed by atoms with E-state index in [1.54, 1.807) is 12.1 Å². The number of rotatable bonds is 4. The Balaban J connectivity index is 1.61. The zero-order chi connectivity index (χ0) is 16.9. The maximum absolute atomic E-state index is 12.0. The van der Waals surface area contributed by atoms with Crippen LogP contribution in [0.15, 0.2) is 73.1 Å². The fourth-order valence-corrected chi connectivity index (χ4v) is 2.18. The summed E-state index contributed by atoms with van der Waals surface area (Å²) >= 11 is 0. The molecular formula is C17H14N4O3. The van der Waals surface area contributed by atoms with E-state index in [0.717, 1.165) is 5.69 Å². The monoisotopic (exact) mass is 322 g/mol. The molecule has 7 heteroatoms. The summed E-state index contributed by atoms with van der Waals surface area (Å²) in [5, 5.41) is 15.9. The van der Waals surface area contributed by atoms with Crippen LogP contribution in [0.5, 0.6) is 0 Å². The van der Waals surface area contributed by atoms with Crippen molar-refractivity contribution in [1.82, 2.24) is 4.57 Å². The van der Waals surface area contributed by atoms with Gasteiger partial charge in [0, 0.05) is 41.6 Å². The molecule has 0 aliphatic heterocycles. The Hall–Kier alpha value is -3.61. The molecule has 24 heavy (non-hydrogen) atoms. The van der Waals surface area contributed by atoms with Gasteiger partial charge in [0.15, 0.2) is 0 Å². The highest BCUT2D eigenvalue weighted by atomic mass is 16.6. The number of amides is 2. The van der Waals surface area contributed by atoms with E-state index in [2.05, 4.69) is 10.6 Å². The summed E-state index contributed by atoms with van der Waals surface area (Å²) in [6.45, 7) is 0. The molecule has 0 bridgehead atoms. The SMILES string of the molecule is O=C(Nc1ccc(-n2cccc2)cc1)Nc1ccc([N+](=O)[O-])cc1. The fraction of sp³-hybridized carbons (Fsp3) is 0. The molecule has 0 unspecified atom stereocenters. The number of nitrogens with one attached hydrogen (secondary N) is 2. The van der Waals surface area contributed by atoms with Crippen molar-refractivity contribution in [3.63, 3.8) is 0 Å². The lowest BCUT2D eigenvalue weighted by molar-refractivity contribution is -0.384. The van der Waals surface area contributed by atoms with Crippen molar-refractivity contribution in [2.75, 3.05) is 10.6 Å². The van der Waals surface area contributed by atoms with Gasteiger partial charge in [-0.05, 0) is 48.5 Å². The van der Waals surface area contributed by atoms with E-state index in [0.29, 0.717) is 11.4 Å². The van der Waals surface area contributed by atoms with Gasteiger partial charge in [-0.15, -0.1) is 0 Å². The van der Waals surface area contributed by atoms with Crippen LogP contribution in [0.1, 0.15) is 0 Å². The molecule has 0 fully saturated rings. The number of hydrogen-bond acceptors (Lipinski definition) is 3. The van der Waals surface area contributed by atoms with Crippen LogP contribution in [-0.2, 0) is 0 Å². The molecule has 0 atom stereocenters. The average Bonchev–Trinajstić information content (AvgIpc) is 3.10. The van der Waals surface area contributed by atoms with Crippen molar-refractivity contribution >= 4 is 23.1 Å². The van der Waals surface area contributed by atoms with Gasteiger partial charge >= 0.3 is 6.03 Å². The van der Waals surface area contributed by atoms with Crippen molar-refractivity contribution in [3.05, 3.63) is 83.2 Å². The highest BCUT2D eigenvalue weighted by molar-refractivity contribution is 5.99. The molecule has 7 nitrogen and oxygen atoms in total. The smallest absolute Gasteiger partial charge is 0.323 e. The zero-order valence-electron chi connectivity index (χ0n) is 12.5. The van der Waals surface area contributed by atoms with Gasteiger partial charge in [-0.25, -0.2) is 4.79 Å². The predicted octanol–water partition coefficient (Wildman–Crippen LogP) is 4.03. The molecule has 0 saturated heterocycles. The number of carbonyl (C=O) groups is 1. The molecule has 0 spiro atoms. The van der Waals surface area contributed by atoms with Gasteiger partial charge in [0.2, 0.25) is 0 Å². The quantitative estimate of drug-likeness (QED) is 0.561. The fourth-order valence-electron chi connectivity index (χ4n) is 2.18. The normalized spacial score (nSPS) is 10.2. The number of hydrogen-bond donors (Lipinski definition) is 2. The first-order valence-corrected chi connectivity index (χ1v) is 7.18. The predicted molar refractivity (Wildman–Crippen MR) is 91.5 cm³/mol. The minimum atomic E-state index is -0.490. The Kier molecular flexibility index (Phi) is 4.24. The van der Waals surface area contributed by atoms with Crippen LogP contribution in [0.25, 0.3) is 5.69 Å². The third-order valence-corrected chi connectivity index (χ3v) is 3.36. The van der Waals surface area contributed by atoms with E-state index in [1.807, 2.05) is 41.2 Å². The highest BCUT2D eigenvalue weighted by Crippen LogP contribution is 2.17. The molecule has 2 aromatic carbocycles. The maximum atomic E-state index is 12.0. The molecule has 3 aromatic rings. The van der Waals surface area contributed by atoms with E-state index < -0.39 is 11.0 Å². The number of nitro groups is 1. The molecule has 0 aliphatic carbocycles. The second kappa shape index (κ2) is 6.66. The maximum Gasteiger partial charge on any atom is 0.323 e. The van der Waals surface area contributed by atoms with Gasteiger partial charge in [0.1, 0.15) is 0 Å². The largest absolute Gasteiger partial charge is 0.324 e. The Morgan fingerprint density at radius 2 is 1.38 bits per heavy atom. The third kappa shape index (κ3) is 3.58. The van der Waals surface area contributed by atoms with E-state index in [9.17, 15) is 14.9 Å². The minimum absolute atomic E-state index is 0.0263. The van der Waals surface area contributed by atoms with Crippen LogP contribution in [-0.4, -0.2) is 15.5 Å². The first-order valence-electron chi connectivity index (χ1n) is 7.18. The van der Waals surface area contributed by atoms with Gasteiger partial charge in [0.05, 0.1) is 4.92 Å². The van der Waals surface area contributed by atoms with Crippen molar-refractivity contribution in [2.24, 2.45) is 0 Å². The van der Waals surface area contributed by atoms with Gasteiger partial charge in [0.25, 0.3) is 5.69 Å². The lowest BCUT2D eigenvalue weighted by Crippen LogP contribution is -2.19. The van der Waals surface area contributed by atoms with E-state index in [1.165, 1.54) is 24.3 Å². The van der Waals surface area contributed by atoms with Crippen LogP contribution in [0.4, 0.5) is 21.9 Å². The lowest BCUT2D eigenvalue weighted by Gasteiger charge is -2.09. The summed E-state index contributed by atoms with van der Waals surface area (Å²) in [6, 6.07) is 16.5. The molecule has 1 aromatic heterocycles. The number of nitrogens with zero attached hydrogens (tertiary/aromatic N) is 2. The molecule has 1 heterocycles. The second-order valence-corrected chi connectivity index (χ2v) is 5.02. The Morgan fingerprint density at radius 3 is 1.88 bits per heavy atom. The van der Waals surface area contributed by atoms with Crippen LogP contribution in [0.2, 0.25) is 0 Å². The molecule has 120 valence electrons. The molecular weight excluding hydrogens is 308 g/mol. The van der Waals surface area contributed by atoms with Crippen LogP contribution in [0, 0.1) is 10.1 Å². The number of carbonyl (C=O) groups excluding carboxylic acids is 1. The van der Waals surface area contributed by atoms with Crippen molar-refractivity contribution in [3.8, 4) is 5.69 Å². The molecule has 0 saturated carbocycles. The van der Waals surface area contributed by atoms with Gasteiger partial charge < -0.3 is 15.2 Å². The summed E-state index contributed by atoms with van der Waals surface area (Å²) < 4.78 is 1.96. The Labute approximate surface area is 137 Å². The molecule has 0 radical (unpaired) electrons. The summed E-state index contributed by atoms with van der Waals surface area (Å²) in [7, 11) is 0. The molecule has 2 amide bonds. The van der Waals surface area contributed by atoms with Gasteiger partial charge in [-0.3, -0.25) is 10.1 Å². The van der Waals surface area contributed by atoms with Crippen molar-refractivity contribution in [1.29, 1.82) is 0 Å². The number of non-ortho nitro benzene ring substituents is 1. The van der Waals surface area contributed by atoms with Gasteiger partial charge in [-0.1, -0.05) is 0 Å². The van der Waals surface area contributed by atoms with Crippen molar-refractivity contribution in [2.45, 2.75) is 0 Å². The summed E-state index contributed by atoms with van der Waals surface area (Å²) in [5.74, 6) is 0. The first-order chi connectivity index (χ1) is 11.6. The van der Waals surface area contributed by atoms with Crippen LogP contribution < -0.4 is 10.6 Å². The number of nitro benzene ring substituents is 1. The summed E-state index contributed by atoms with van der Waals surface area (Å²) in [4.78, 5) is 22.1. The van der Waals surface area contributed by atoms with E-state index in [4.69, 9.17) is 0 Å². The van der Waals surface area contributed by atoms with Gasteiger partial charge in [-0.2, -0.15) is 0 Å². The zero-order valence-corrected chi connectivity index (χ0v) is 12.5. The van der Waals surface area contributed by atoms with Crippen LogP contribution in [0.3, 0.4) is 0 Å². The highest BCUT2D eigenvalue weighted by Gasteiger charge is 2.06.